The van der Waals surface area contributed by atoms with Crippen LogP contribution in [0.2, 0.25) is 5.02 Å². The molecule has 0 unspecified atom stereocenters. The predicted octanol–water partition coefficient (Wildman–Crippen LogP) is 6.41. The standard InChI is InChI=1S/C23H19ClN2O5/c1-29-14-19(23(28)30-2)18-5-3-4-6-22(18)31-17-11-12-21(27)20(13-17)26-25-16-9-7-15(24)8-10-16/h3-14,27H,1-2H3/b19-14+,26-25?. The average Bonchev–Trinajstić information content (AvgIpc) is 2.79. The molecular formula is C23H19ClN2O5. The molecule has 0 spiro atoms. The Bertz CT molecular complexity index is 1130. The molecule has 3 aromatic rings. The van der Waals surface area contributed by atoms with E-state index in [0.29, 0.717) is 27.8 Å². The summed E-state index contributed by atoms with van der Waals surface area (Å²) in [6, 6.07) is 18.3. The maximum absolute atomic E-state index is 12.2. The fraction of sp³-hybridized carbons (Fsp3) is 0.0870. The highest BCUT2D eigenvalue weighted by Crippen LogP contribution is 2.36. The molecule has 7 nitrogen and oxygen atoms in total. The number of benzene rings is 3. The molecule has 0 amide bonds. The van der Waals surface area contributed by atoms with Gasteiger partial charge in [0.15, 0.2) is 0 Å². The van der Waals surface area contributed by atoms with E-state index >= 15 is 0 Å². The van der Waals surface area contributed by atoms with Crippen LogP contribution in [0.1, 0.15) is 5.56 Å². The van der Waals surface area contributed by atoms with E-state index in [1.165, 1.54) is 32.6 Å². The molecule has 0 saturated heterocycles. The summed E-state index contributed by atoms with van der Waals surface area (Å²) >= 11 is 5.87. The van der Waals surface area contributed by atoms with Gasteiger partial charge in [-0.3, -0.25) is 0 Å². The van der Waals surface area contributed by atoms with Crippen LogP contribution in [0.3, 0.4) is 0 Å². The van der Waals surface area contributed by atoms with E-state index in [-0.39, 0.29) is 17.0 Å². The minimum atomic E-state index is -0.568. The number of aromatic hydroxyl groups is 1. The minimum Gasteiger partial charge on any atom is -0.506 e. The maximum Gasteiger partial charge on any atom is 0.341 e. The monoisotopic (exact) mass is 438 g/mol. The summed E-state index contributed by atoms with van der Waals surface area (Å²) in [4.78, 5) is 12.2. The highest BCUT2D eigenvalue weighted by atomic mass is 35.5. The minimum absolute atomic E-state index is 0.0622. The fourth-order valence-corrected chi connectivity index (χ4v) is 2.75. The number of carbonyl (C=O) groups excluding carboxylic acids is 1. The van der Waals surface area contributed by atoms with E-state index in [1.54, 1.807) is 54.6 Å². The maximum atomic E-state index is 12.2. The Kier molecular flexibility index (Phi) is 7.24. The average molecular weight is 439 g/mol. The molecule has 0 heterocycles. The number of esters is 1. The Morgan fingerprint density at radius 1 is 1.00 bits per heavy atom. The summed E-state index contributed by atoms with van der Waals surface area (Å²) in [6.45, 7) is 0. The van der Waals surface area contributed by atoms with E-state index in [9.17, 15) is 9.90 Å². The first-order valence-corrected chi connectivity index (χ1v) is 9.48. The molecule has 0 aromatic heterocycles. The predicted molar refractivity (Wildman–Crippen MR) is 117 cm³/mol. The molecule has 31 heavy (non-hydrogen) atoms. The third-order valence-corrected chi connectivity index (χ3v) is 4.34. The zero-order chi connectivity index (χ0) is 22.2. The van der Waals surface area contributed by atoms with E-state index in [4.69, 9.17) is 25.8 Å². The Labute approximate surface area is 184 Å². The Morgan fingerprint density at radius 2 is 1.74 bits per heavy atom. The van der Waals surface area contributed by atoms with E-state index in [1.807, 2.05) is 0 Å². The van der Waals surface area contributed by atoms with E-state index in [2.05, 4.69) is 10.2 Å². The SMILES string of the molecule is CO/C=C(/C(=O)OC)c1ccccc1Oc1ccc(O)c(N=Nc2ccc(Cl)cc2)c1. The number of hydrogen-bond acceptors (Lipinski definition) is 7. The zero-order valence-corrected chi connectivity index (χ0v) is 17.5. The number of carbonyl (C=O) groups is 1. The molecule has 158 valence electrons. The first-order chi connectivity index (χ1) is 15.0. The lowest BCUT2D eigenvalue weighted by Gasteiger charge is -2.13. The summed E-state index contributed by atoms with van der Waals surface area (Å²) in [5.41, 5.74) is 1.47. The Balaban J connectivity index is 1.90. The van der Waals surface area contributed by atoms with Crippen LogP contribution in [0.5, 0.6) is 17.2 Å². The number of phenols is 1. The number of hydrogen-bond donors (Lipinski definition) is 1. The molecule has 0 aliphatic carbocycles. The van der Waals surface area contributed by atoms with Gasteiger partial charge in [-0.1, -0.05) is 29.8 Å². The van der Waals surface area contributed by atoms with Crippen molar-refractivity contribution in [2.24, 2.45) is 10.2 Å². The van der Waals surface area contributed by atoms with Gasteiger partial charge in [-0.15, -0.1) is 5.11 Å². The first-order valence-electron chi connectivity index (χ1n) is 9.10. The topological polar surface area (TPSA) is 89.7 Å². The molecular weight excluding hydrogens is 420 g/mol. The van der Waals surface area contributed by atoms with E-state index < -0.39 is 5.97 Å². The smallest absolute Gasteiger partial charge is 0.341 e. The first kappa shape index (κ1) is 21.9. The molecule has 0 atom stereocenters. The Morgan fingerprint density at radius 3 is 2.45 bits per heavy atom. The number of phenolic OH excluding ortho intramolecular Hbond substituents is 1. The number of para-hydroxylation sites is 1. The highest BCUT2D eigenvalue weighted by Gasteiger charge is 2.18. The third-order valence-electron chi connectivity index (χ3n) is 4.09. The summed E-state index contributed by atoms with van der Waals surface area (Å²) < 4.78 is 15.8. The van der Waals surface area contributed by atoms with Crippen LogP contribution >= 0.6 is 11.6 Å². The van der Waals surface area contributed by atoms with Gasteiger partial charge in [-0.2, -0.15) is 5.11 Å². The van der Waals surface area contributed by atoms with Gasteiger partial charge in [0.1, 0.15) is 28.5 Å². The van der Waals surface area contributed by atoms with Crippen LogP contribution < -0.4 is 4.74 Å². The van der Waals surface area contributed by atoms with Crippen LogP contribution in [0.4, 0.5) is 11.4 Å². The summed E-state index contributed by atoms with van der Waals surface area (Å²) in [7, 11) is 2.72. The fourth-order valence-electron chi connectivity index (χ4n) is 2.62. The van der Waals surface area contributed by atoms with Crippen molar-refractivity contribution in [2.75, 3.05) is 14.2 Å². The van der Waals surface area contributed by atoms with Crippen LogP contribution in [0.25, 0.3) is 5.57 Å². The van der Waals surface area contributed by atoms with Gasteiger partial charge in [0.25, 0.3) is 0 Å². The molecule has 3 rings (SSSR count). The highest BCUT2D eigenvalue weighted by molar-refractivity contribution is 6.30. The molecule has 1 N–H and O–H groups in total. The van der Waals surface area contributed by atoms with Crippen molar-refractivity contribution in [3.8, 4) is 17.2 Å². The number of azo groups is 1. The van der Waals surface area contributed by atoms with Crippen molar-refractivity contribution >= 4 is 34.5 Å². The van der Waals surface area contributed by atoms with Crippen LogP contribution in [-0.4, -0.2) is 25.3 Å². The number of methoxy groups -OCH3 is 2. The number of halogens is 1. The van der Waals surface area contributed by atoms with E-state index in [0.717, 1.165) is 0 Å². The van der Waals surface area contributed by atoms with Crippen molar-refractivity contribution in [1.82, 2.24) is 0 Å². The summed E-state index contributed by atoms with van der Waals surface area (Å²) in [6.07, 6.45) is 1.29. The van der Waals surface area contributed by atoms with Gasteiger partial charge in [-0.05, 0) is 42.5 Å². The van der Waals surface area contributed by atoms with Crippen molar-refractivity contribution in [2.45, 2.75) is 0 Å². The molecule has 0 fully saturated rings. The quantitative estimate of drug-likeness (QED) is 0.199. The number of ether oxygens (including phenoxy) is 3. The second-order valence-corrected chi connectivity index (χ2v) is 6.62. The Hall–Kier alpha value is -3.84. The third kappa shape index (κ3) is 5.61. The van der Waals surface area contributed by atoms with Gasteiger partial charge in [0, 0.05) is 16.7 Å². The molecule has 0 saturated carbocycles. The van der Waals surface area contributed by atoms with Crippen LogP contribution in [-0.2, 0) is 14.3 Å². The molecule has 0 radical (unpaired) electrons. The second kappa shape index (κ2) is 10.3. The zero-order valence-electron chi connectivity index (χ0n) is 16.8. The van der Waals surface area contributed by atoms with Gasteiger partial charge in [0.05, 0.1) is 26.2 Å². The lowest BCUT2D eigenvalue weighted by Crippen LogP contribution is -2.05. The molecule has 8 heteroatoms. The summed E-state index contributed by atoms with van der Waals surface area (Å²) in [5.74, 6) is 0.147. The van der Waals surface area contributed by atoms with Crippen molar-refractivity contribution in [3.05, 3.63) is 83.6 Å². The number of rotatable bonds is 7. The van der Waals surface area contributed by atoms with Crippen molar-refractivity contribution in [1.29, 1.82) is 0 Å². The number of nitrogens with zero attached hydrogens (tertiary/aromatic N) is 2. The molecule has 0 bridgehead atoms. The summed E-state index contributed by atoms with van der Waals surface area (Å²) in [5, 5.41) is 18.9. The largest absolute Gasteiger partial charge is 0.506 e. The van der Waals surface area contributed by atoms with Crippen LogP contribution in [0.15, 0.2) is 83.2 Å². The lowest BCUT2D eigenvalue weighted by atomic mass is 10.1. The van der Waals surface area contributed by atoms with Crippen LogP contribution in [0, 0.1) is 0 Å². The van der Waals surface area contributed by atoms with Gasteiger partial charge in [0.2, 0.25) is 0 Å². The molecule has 3 aromatic carbocycles. The van der Waals surface area contributed by atoms with Crippen molar-refractivity contribution < 1.29 is 24.1 Å². The van der Waals surface area contributed by atoms with Gasteiger partial charge >= 0.3 is 5.97 Å². The lowest BCUT2D eigenvalue weighted by molar-refractivity contribution is -0.133. The van der Waals surface area contributed by atoms with Gasteiger partial charge in [-0.25, -0.2) is 4.79 Å². The van der Waals surface area contributed by atoms with Crippen molar-refractivity contribution in [3.63, 3.8) is 0 Å². The molecule has 0 aliphatic heterocycles. The normalized spacial score (nSPS) is 11.4. The van der Waals surface area contributed by atoms with Gasteiger partial charge < -0.3 is 19.3 Å². The second-order valence-electron chi connectivity index (χ2n) is 6.18. The molecule has 0 aliphatic rings.